The number of hydrogen-bond acceptors (Lipinski definition) is 5. The fraction of sp³-hybridized carbons (Fsp3) is 0.280. The van der Waals surface area contributed by atoms with Gasteiger partial charge in [-0.05, 0) is 42.7 Å². The number of esters is 1. The summed E-state index contributed by atoms with van der Waals surface area (Å²) in [5, 5.41) is 3.93. The standard InChI is InChI=1S/C25H24ClNO4/c1-14-22(25(29)31-3)23(15-8-10-17(26)11-9-15)24-19(27-14)12-16(13-20(24)28)18-6-4-5-7-21(18)30-2/h4-11,16,23,27H,12-13H2,1-3H3/t16-,23+/m1/s1. The highest BCUT2D eigenvalue weighted by atomic mass is 35.5. The number of ether oxygens (including phenoxy) is 2. The maximum Gasteiger partial charge on any atom is 0.336 e. The Labute approximate surface area is 186 Å². The molecule has 1 heterocycles. The van der Waals surface area contributed by atoms with Gasteiger partial charge in [0.1, 0.15) is 5.75 Å². The molecule has 2 atom stereocenters. The molecule has 31 heavy (non-hydrogen) atoms. The molecule has 0 unspecified atom stereocenters. The summed E-state index contributed by atoms with van der Waals surface area (Å²) in [7, 11) is 2.99. The van der Waals surface area contributed by atoms with Crippen LogP contribution in [-0.2, 0) is 14.3 Å². The first-order chi connectivity index (χ1) is 14.9. The maximum atomic E-state index is 13.5. The third kappa shape index (κ3) is 3.86. The second-order valence-electron chi connectivity index (χ2n) is 7.80. The normalized spacial score (nSPS) is 20.8. The van der Waals surface area contributed by atoms with E-state index in [9.17, 15) is 9.59 Å². The third-order valence-electron chi connectivity index (χ3n) is 6.01. The van der Waals surface area contributed by atoms with Gasteiger partial charge in [-0.1, -0.05) is 41.9 Å². The molecule has 0 saturated heterocycles. The van der Waals surface area contributed by atoms with Gasteiger partial charge in [-0.15, -0.1) is 0 Å². The number of carbonyl (C=O) groups excluding carboxylic acids is 2. The molecule has 1 aliphatic carbocycles. The van der Waals surface area contributed by atoms with Crippen LogP contribution in [0.4, 0.5) is 0 Å². The van der Waals surface area contributed by atoms with Gasteiger partial charge >= 0.3 is 5.97 Å². The zero-order valence-corrected chi connectivity index (χ0v) is 18.5. The maximum absolute atomic E-state index is 13.5. The van der Waals surface area contributed by atoms with Crippen molar-refractivity contribution in [2.45, 2.75) is 31.6 Å². The molecular weight excluding hydrogens is 414 g/mol. The van der Waals surface area contributed by atoms with Crippen LogP contribution in [-0.4, -0.2) is 26.0 Å². The number of hydrogen-bond donors (Lipinski definition) is 1. The van der Waals surface area contributed by atoms with E-state index >= 15 is 0 Å². The van der Waals surface area contributed by atoms with Gasteiger partial charge in [0.15, 0.2) is 5.78 Å². The highest BCUT2D eigenvalue weighted by molar-refractivity contribution is 6.30. The predicted molar refractivity (Wildman–Crippen MR) is 119 cm³/mol. The Hall–Kier alpha value is -3.05. The molecule has 2 aliphatic rings. The lowest BCUT2D eigenvalue weighted by molar-refractivity contribution is -0.136. The Morgan fingerprint density at radius 2 is 1.77 bits per heavy atom. The zero-order chi connectivity index (χ0) is 22.1. The van der Waals surface area contributed by atoms with E-state index in [1.807, 2.05) is 43.3 Å². The second kappa shape index (κ2) is 8.60. The molecule has 1 aliphatic heterocycles. The monoisotopic (exact) mass is 437 g/mol. The van der Waals surface area contributed by atoms with Crippen LogP contribution in [0.1, 0.15) is 42.7 Å². The Balaban J connectivity index is 1.81. The van der Waals surface area contributed by atoms with E-state index in [-0.39, 0.29) is 11.7 Å². The van der Waals surface area contributed by atoms with Crippen LogP contribution in [0.25, 0.3) is 0 Å². The Morgan fingerprint density at radius 1 is 1.06 bits per heavy atom. The summed E-state index contributed by atoms with van der Waals surface area (Å²) >= 11 is 6.08. The molecular formula is C25H24ClNO4. The molecule has 0 fully saturated rings. The van der Waals surface area contributed by atoms with E-state index in [0.29, 0.717) is 34.7 Å². The highest BCUT2D eigenvalue weighted by Gasteiger charge is 2.41. The number of benzene rings is 2. The molecule has 160 valence electrons. The predicted octanol–water partition coefficient (Wildman–Crippen LogP) is 4.88. The van der Waals surface area contributed by atoms with E-state index < -0.39 is 11.9 Å². The minimum Gasteiger partial charge on any atom is -0.496 e. The smallest absolute Gasteiger partial charge is 0.336 e. The lowest BCUT2D eigenvalue weighted by atomic mass is 9.71. The number of methoxy groups -OCH3 is 2. The summed E-state index contributed by atoms with van der Waals surface area (Å²) in [5.74, 6) is -0.160. The van der Waals surface area contributed by atoms with Crippen LogP contribution in [0.5, 0.6) is 5.75 Å². The molecule has 0 radical (unpaired) electrons. The lowest BCUT2D eigenvalue weighted by Crippen LogP contribution is -2.36. The van der Waals surface area contributed by atoms with Gasteiger partial charge in [0.05, 0.1) is 19.8 Å². The van der Waals surface area contributed by atoms with Crippen molar-refractivity contribution in [1.82, 2.24) is 5.32 Å². The third-order valence-corrected chi connectivity index (χ3v) is 6.27. The molecule has 2 aromatic carbocycles. The van der Waals surface area contributed by atoms with Crippen LogP contribution in [0.3, 0.4) is 0 Å². The average molecular weight is 438 g/mol. The lowest BCUT2D eigenvalue weighted by Gasteiger charge is -2.36. The first-order valence-electron chi connectivity index (χ1n) is 10.1. The zero-order valence-electron chi connectivity index (χ0n) is 17.7. The average Bonchev–Trinajstić information content (AvgIpc) is 2.78. The van der Waals surface area contributed by atoms with Crippen molar-refractivity contribution in [1.29, 1.82) is 0 Å². The molecule has 1 N–H and O–H groups in total. The van der Waals surface area contributed by atoms with Gasteiger partial charge in [0, 0.05) is 40.2 Å². The first-order valence-corrected chi connectivity index (χ1v) is 10.5. The summed E-state index contributed by atoms with van der Waals surface area (Å²) < 4.78 is 10.6. The van der Waals surface area contributed by atoms with Crippen molar-refractivity contribution in [3.8, 4) is 5.75 Å². The minimum absolute atomic E-state index is 0.00626. The number of rotatable bonds is 4. The van der Waals surface area contributed by atoms with E-state index in [1.54, 1.807) is 19.2 Å². The van der Waals surface area contributed by atoms with E-state index in [2.05, 4.69) is 5.32 Å². The Morgan fingerprint density at radius 3 is 2.45 bits per heavy atom. The molecule has 0 bridgehead atoms. The van der Waals surface area contributed by atoms with Crippen molar-refractivity contribution >= 4 is 23.4 Å². The Bertz CT molecular complexity index is 1100. The molecule has 2 aromatic rings. The molecule has 0 spiro atoms. The first kappa shape index (κ1) is 21.2. The summed E-state index contributed by atoms with van der Waals surface area (Å²) in [6.45, 7) is 1.84. The summed E-state index contributed by atoms with van der Waals surface area (Å²) in [4.78, 5) is 26.2. The van der Waals surface area contributed by atoms with Gasteiger partial charge in [-0.2, -0.15) is 0 Å². The van der Waals surface area contributed by atoms with Gasteiger partial charge in [-0.25, -0.2) is 4.79 Å². The van der Waals surface area contributed by atoms with E-state index in [0.717, 1.165) is 22.6 Å². The summed E-state index contributed by atoms with van der Waals surface area (Å²) in [6.07, 6.45) is 0.996. The quantitative estimate of drug-likeness (QED) is 0.690. The number of carbonyl (C=O) groups is 2. The van der Waals surface area contributed by atoms with Crippen LogP contribution in [0.15, 0.2) is 71.1 Å². The van der Waals surface area contributed by atoms with Gasteiger partial charge in [0.25, 0.3) is 0 Å². The molecule has 0 amide bonds. The van der Waals surface area contributed by atoms with Crippen molar-refractivity contribution in [3.05, 3.63) is 87.2 Å². The number of dihydropyridines is 1. The molecule has 0 saturated carbocycles. The van der Waals surface area contributed by atoms with E-state index in [1.165, 1.54) is 7.11 Å². The van der Waals surface area contributed by atoms with E-state index in [4.69, 9.17) is 21.1 Å². The SMILES string of the molecule is COC(=O)C1=C(C)NC2=C(C(=O)C[C@H](c3ccccc3OC)C2)[C@H]1c1ccc(Cl)cc1. The van der Waals surface area contributed by atoms with Gasteiger partial charge in [-0.3, -0.25) is 4.79 Å². The Kier molecular flexibility index (Phi) is 5.88. The van der Waals surface area contributed by atoms with Crippen molar-refractivity contribution in [2.24, 2.45) is 0 Å². The number of halogens is 1. The van der Waals surface area contributed by atoms with Crippen molar-refractivity contribution in [3.63, 3.8) is 0 Å². The summed E-state index contributed by atoms with van der Waals surface area (Å²) in [5.41, 5.74) is 4.46. The minimum atomic E-state index is -0.493. The number of nitrogens with one attached hydrogen (secondary N) is 1. The fourth-order valence-electron chi connectivity index (χ4n) is 4.63. The molecule has 6 heteroatoms. The number of Topliss-reactive ketones (excluding diaryl/α,β-unsaturated/α-hetero) is 1. The van der Waals surface area contributed by atoms with Crippen LogP contribution < -0.4 is 10.1 Å². The van der Waals surface area contributed by atoms with Gasteiger partial charge in [0.2, 0.25) is 0 Å². The molecule has 4 rings (SSSR count). The van der Waals surface area contributed by atoms with Crippen LogP contribution >= 0.6 is 11.6 Å². The fourth-order valence-corrected chi connectivity index (χ4v) is 4.76. The van der Waals surface area contributed by atoms with Crippen molar-refractivity contribution < 1.29 is 19.1 Å². The second-order valence-corrected chi connectivity index (χ2v) is 8.24. The summed E-state index contributed by atoms with van der Waals surface area (Å²) in [6, 6.07) is 15.1. The van der Waals surface area contributed by atoms with Crippen molar-refractivity contribution in [2.75, 3.05) is 14.2 Å². The number of allylic oxidation sites excluding steroid dienone is 3. The van der Waals surface area contributed by atoms with Crippen LogP contribution in [0.2, 0.25) is 5.02 Å². The topological polar surface area (TPSA) is 64.6 Å². The van der Waals surface area contributed by atoms with Crippen LogP contribution in [0, 0.1) is 0 Å². The highest BCUT2D eigenvalue weighted by Crippen LogP contribution is 2.46. The molecule has 5 nitrogen and oxygen atoms in total. The molecule has 0 aromatic heterocycles. The number of ketones is 1. The van der Waals surface area contributed by atoms with Gasteiger partial charge < -0.3 is 14.8 Å². The largest absolute Gasteiger partial charge is 0.496 e. The number of para-hydroxylation sites is 1.